The van der Waals surface area contributed by atoms with Crippen LogP contribution in [0.1, 0.15) is 16.1 Å². The Kier molecular flexibility index (Phi) is 3.86. The highest BCUT2D eigenvalue weighted by Crippen LogP contribution is 2.42. The maximum Gasteiger partial charge on any atom is 0.275 e. The molecule has 25 heavy (non-hydrogen) atoms. The second kappa shape index (κ2) is 6.18. The Bertz CT molecular complexity index is 799. The van der Waals surface area contributed by atoms with E-state index in [9.17, 15) is 4.79 Å². The zero-order valence-electron chi connectivity index (χ0n) is 13.4. The average molecular weight is 340 g/mol. The van der Waals surface area contributed by atoms with Crippen LogP contribution in [0.3, 0.4) is 0 Å². The van der Waals surface area contributed by atoms with Gasteiger partial charge in [-0.1, -0.05) is 0 Å². The average Bonchev–Trinajstić information content (AvgIpc) is 3.35. The predicted octanol–water partition coefficient (Wildman–Crippen LogP) is 1.11. The second-order valence-electron chi connectivity index (χ2n) is 6.42. The lowest BCUT2D eigenvalue weighted by atomic mass is 9.82. The van der Waals surface area contributed by atoms with Gasteiger partial charge < -0.3 is 18.8 Å². The number of nitriles is 1. The Hall–Kier alpha value is -2.92. The van der Waals surface area contributed by atoms with Gasteiger partial charge in [0.05, 0.1) is 30.8 Å². The molecule has 2 aliphatic rings. The largest absolute Gasteiger partial charge is 0.477 e. The lowest BCUT2D eigenvalue weighted by Crippen LogP contribution is -2.38. The fourth-order valence-electron chi connectivity index (χ4n) is 3.42. The number of hydrogen-bond donors (Lipinski definition) is 0. The van der Waals surface area contributed by atoms with Gasteiger partial charge in [0.25, 0.3) is 5.91 Å². The van der Waals surface area contributed by atoms with Gasteiger partial charge in [-0.2, -0.15) is 5.26 Å². The molecule has 2 fully saturated rings. The predicted molar refractivity (Wildman–Crippen MR) is 83.6 cm³/mol. The summed E-state index contributed by atoms with van der Waals surface area (Å²) < 4.78 is 16.4. The van der Waals surface area contributed by atoms with Gasteiger partial charge in [0, 0.05) is 31.3 Å². The lowest BCUT2D eigenvalue weighted by molar-refractivity contribution is 0.0651. The van der Waals surface area contributed by atoms with Gasteiger partial charge in [-0.3, -0.25) is 4.79 Å². The third-order valence-corrected chi connectivity index (χ3v) is 4.83. The lowest BCUT2D eigenvalue weighted by Gasteiger charge is -2.26. The van der Waals surface area contributed by atoms with E-state index in [4.69, 9.17) is 19.2 Å². The molecule has 128 valence electrons. The molecule has 0 spiro atoms. The minimum absolute atomic E-state index is 0.140. The fraction of sp³-hybridized carbons (Fsp3) is 0.412. The van der Waals surface area contributed by atoms with Crippen LogP contribution < -0.4 is 4.74 Å². The minimum Gasteiger partial charge on any atom is -0.477 e. The van der Waals surface area contributed by atoms with Crippen molar-refractivity contribution >= 4 is 5.91 Å². The van der Waals surface area contributed by atoms with E-state index in [0.29, 0.717) is 50.0 Å². The number of nitrogens with zero attached hydrogens (tertiary/aromatic N) is 4. The van der Waals surface area contributed by atoms with Crippen LogP contribution in [0.4, 0.5) is 0 Å². The third kappa shape index (κ3) is 2.83. The molecule has 0 aliphatic carbocycles. The highest BCUT2D eigenvalue weighted by molar-refractivity contribution is 5.92. The summed E-state index contributed by atoms with van der Waals surface area (Å²) in [7, 11) is 0. The van der Waals surface area contributed by atoms with Crippen molar-refractivity contribution in [3.8, 4) is 11.9 Å². The van der Waals surface area contributed by atoms with E-state index < -0.39 is 0 Å². The first-order chi connectivity index (χ1) is 12.2. The van der Waals surface area contributed by atoms with Gasteiger partial charge in [0.2, 0.25) is 5.88 Å². The SMILES string of the molecule is N#Cc1ccc(OC[C@@]23COC[C@@H]2CN(C(=O)c2cocn2)C3)nc1. The fourth-order valence-corrected chi connectivity index (χ4v) is 3.42. The molecule has 2 aromatic heterocycles. The molecule has 4 heterocycles. The number of rotatable bonds is 4. The van der Waals surface area contributed by atoms with Crippen LogP contribution in [0.5, 0.6) is 5.88 Å². The quantitative estimate of drug-likeness (QED) is 0.821. The molecule has 0 radical (unpaired) electrons. The van der Waals surface area contributed by atoms with Crippen molar-refractivity contribution in [1.29, 1.82) is 5.26 Å². The topological polar surface area (TPSA) is 101 Å². The van der Waals surface area contributed by atoms with Gasteiger partial charge in [-0.25, -0.2) is 9.97 Å². The Labute approximate surface area is 144 Å². The van der Waals surface area contributed by atoms with Gasteiger partial charge in [0.1, 0.15) is 12.3 Å². The number of fused-ring (bicyclic) bond motifs is 1. The minimum atomic E-state index is -0.255. The van der Waals surface area contributed by atoms with E-state index in [1.165, 1.54) is 18.9 Å². The summed E-state index contributed by atoms with van der Waals surface area (Å²) in [6.45, 7) is 2.69. The number of oxazole rings is 1. The normalized spacial score (nSPS) is 24.8. The van der Waals surface area contributed by atoms with Gasteiger partial charge in [-0.05, 0) is 6.07 Å². The van der Waals surface area contributed by atoms with Crippen molar-refractivity contribution < 1.29 is 18.7 Å². The van der Waals surface area contributed by atoms with Crippen LogP contribution in [-0.4, -0.2) is 53.7 Å². The van der Waals surface area contributed by atoms with Crippen LogP contribution in [0.25, 0.3) is 0 Å². The number of hydrogen-bond acceptors (Lipinski definition) is 7. The molecule has 2 saturated heterocycles. The number of carbonyl (C=O) groups is 1. The molecule has 8 heteroatoms. The van der Waals surface area contributed by atoms with E-state index in [0.717, 1.165) is 0 Å². The first-order valence-electron chi connectivity index (χ1n) is 7.94. The van der Waals surface area contributed by atoms with Gasteiger partial charge >= 0.3 is 0 Å². The second-order valence-corrected chi connectivity index (χ2v) is 6.42. The van der Waals surface area contributed by atoms with Gasteiger partial charge in [-0.15, -0.1) is 0 Å². The summed E-state index contributed by atoms with van der Waals surface area (Å²) in [5.74, 6) is 0.529. The molecule has 0 saturated carbocycles. The summed E-state index contributed by atoms with van der Waals surface area (Å²) in [5.41, 5.74) is 0.540. The monoisotopic (exact) mass is 340 g/mol. The van der Waals surface area contributed by atoms with E-state index in [1.54, 1.807) is 17.0 Å². The van der Waals surface area contributed by atoms with E-state index in [1.807, 2.05) is 6.07 Å². The van der Waals surface area contributed by atoms with Crippen LogP contribution >= 0.6 is 0 Å². The van der Waals surface area contributed by atoms with E-state index in [2.05, 4.69) is 9.97 Å². The molecule has 2 atom stereocenters. The number of pyridine rings is 1. The number of ether oxygens (including phenoxy) is 2. The Morgan fingerprint density at radius 1 is 1.48 bits per heavy atom. The summed E-state index contributed by atoms with van der Waals surface area (Å²) in [6.07, 6.45) is 4.09. The molecular weight excluding hydrogens is 324 g/mol. The highest BCUT2D eigenvalue weighted by atomic mass is 16.5. The summed E-state index contributed by atoms with van der Waals surface area (Å²) in [5, 5.41) is 8.82. The van der Waals surface area contributed by atoms with Crippen LogP contribution in [0, 0.1) is 22.7 Å². The standard InChI is InChI=1S/C17H16N4O4/c18-3-12-1-2-15(19-4-12)25-10-17-8-21(5-13(17)6-23-9-17)16(22)14-7-24-11-20-14/h1-2,4,7,11,13H,5-6,8-10H2/t13-,17+/m0/s1. The smallest absolute Gasteiger partial charge is 0.275 e. The Morgan fingerprint density at radius 3 is 3.12 bits per heavy atom. The summed E-state index contributed by atoms with van der Waals surface area (Å²) in [6, 6.07) is 5.36. The zero-order chi connectivity index (χ0) is 17.3. The third-order valence-electron chi connectivity index (χ3n) is 4.83. The molecule has 8 nitrogen and oxygen atoms in total. The number of carbonyl (C=O) groups excluding carboxylic acids is 1. The highest BCUT2D eigenvalue weighted by Gasteiger charge is 2.52. The maximum absolute atomic E-state index is 12.5. The number of likely N-dealkylation sites (tertiary alicyclic amines) is 1. The molecule has 0 bridgehead atoms. The van der Waals surface area contributed by atoms with Crippen LogP contribution in [0.2, 0.25) is 0 Å². The molecule has 4 rings (SSSR count). The van der Waals surface area contributed by atoms with E-state index >= 15 is 0 Å². The molecule has 0 unspecified atom stereocenters. The van der Waals surface area contributed by atoms with E-state index in [-0.39, 0.29) is 17.2 Å². The molecular formula is C17H16N4O4. The van der Waals surface area contributed by atoms with Crippen LogP contribution in [-0.2, 0) is 4.74 Å². The van der Waals surface area contributed by atoms with Crippen molar-refractivity contribution in [2.45, 2.75) is 0 Å². The first-order valence-corrected chi connectivity index (χ1v) is 7.94. The van der Waals surface area contributed by atoms with Crippen molar-refractivity contribution in [2.24, 2.45) is 11.3 Å². The Balaban J connectivity index is 1.45. The van der Waals surface area contributed by atoms with Crippen molar-refractivity contribution in [3.63, 3.8) is 0 Å². The molecule has 2 aromatic rings. The number of aromatic nitrogens is 2. The summed E-state index contributed by atoms with van der Waals surface area (Å²) in [4.78, 5) is 22.3. The molecule has 0 aromatic carbocycles. The number of amides is 1. The molecule has 1 amide bonds. The molecule has 0 N–H and O–H groups in total. The summed E-state index contributed by atoms with van der Waals surface area (Å²) >= 11 is 0. The van der Waals surface area contributed by atoms with Crippen LogP contribution in [0.15, 0.2) is 35.4 Å². The maximum atomic E-state index is 12.5. The van der Waals surface area contributed by atoms with Crippen molar-refractivity contribution in [3.05, 3.63) is 42.2 Å². The Morgan fingerprint density at radius 2 is 2.40 bits per heavy atom. The van der Waals surface area contributed by atoms with Crippen molar-refractivity contribution in [1.82, 2.24) is 14.9 Å². The molecule has 2 aliphatic heterocycles. The zero-order valence-corrected chi connectivity index (χ0v) is 13.4. The van der Waals surface area contributed by atoms with Crippen molar-refractivity contribution in [2.75, 3.05) is 32.9 Å². The first kappa shape index (κ1) is 15.6. The van der Waals surface area contributed by atoms with Gasteiger partial charge in [0.15, 0.2) is 12.1 Å².